The summed E-state index contributed by atoms with van der Waals surface area (Å²) in [7, 11) is 0. The Bertz CT molecular complexity index is 482. The third kappa shape index (κ3) is 5.50. The van der Waals surface area contributed by atoms with Crippen LogP contribution in [-0.2, 0) is 4.74 Å². The number of nitrogens with two attached hydrogens (primary N) is 1. The van der Waals surface area contributed by atoms with Gasteiger partial charge in [0, 0.05) is 12.3 Å². The van der Waals surface area contributed by atoms with Gasteiger partial charge in [-0.1, -0.05) is 0 Å². The summed E-state index contributed by atoms with van der Waals surface area (Å²) in [6, 6.07) is 5.25. The molecule has 0 spiro atoms. The fraction of sp³-hybridized carbons (Fsp3) is 0.462. The molecule has 1 saturated heterocycles. The number of rotatable bonds is 4. The molecule has 1 heterocycles. The summed E-state index contributed by atoms with van der Waals surface area (Å²) in [5.74, 6) is -0.0992. The van der Waals surface area contributed by atoms with Crippen molar-refractivity contribution in [1.82, 2.24) is 0 Å². The molecule has 1 aliphatic rings. The van der Waals surface area contributed by atoms with Gasteiger partial charge < -0.3 is 20.5 Å². The Morgan fingerprint density at radius 2 is 2.10 bits per heavy atom. The van der Waals surface area contributed by atoms with Gasteiger partial charge >= 0.3 is 6.36 Å². The third-order valence-electron chi connectivity index (χ3n) is 2.85. The number of alkyl halides is 3. The SMILES string of the molecule is NC(=NCC1CCCO1)Nc1ccc(OC(F)(F)F)cc1. The standard InChI is InChI=1S/C13H16F3N3O2/c14-13(15,16)21-10-5-3-9(4-6-10)19-12(17)18-8-11-2-1-7-20-11/h3-6,11H,1-2,7-8H2,(H3,17,18,19). The summed E-state index contributed by atoms with van der Waals surface area (Å²) in [6.45, 7) is 1.21. The molecule has 2 rings (SSSR count). The lowest BCUT2D eigenvalue weighted by atomic mass is 10.2. The van der Waals surface area contributed by atoms with E-state index >= 15 is 0 Å². The minimum absolute atomic E-state index is 0.0907. The number of nitrogens with one attached hydrogen (secondary N) is 1. The van der Waals surface area contributed by atoms with Crippen LogP contribution in [0.25, 0.3) is 0 Å². The molecule has 0 aliphatic carbocycles. The summed E-state index contributed by atoms with van der Waals surface area (Å²) in [4.78, 5) is 4.13. The Labute approximate surface area is 119 Å². The fourth-order valence-corrected chi connectivity index (χ4v) is 1.92. The Balaban J connectivity index is 1.85. The average Bonchev–Trinajstić information content (AvgIpc) is 2.90. The first-order valence-corrected chi connectivity index (χ1v) is 6.47. The molecular formula is C13H16F3N3O2. The second-order valence-corrected chi connectivity index (χ2v) is 4.56. The van der Waals surface area contributed by atoms with E-state index in [4.69, 9.17) is 10.5 Å². The Morgan fingerprint density at radius 3 is 2.67 bits per heavy atom. The van der Waals surface area contributed by atoms with Crippen molar-refractivity contribution in [2.45, 2.75) is 25.3 Å². The molecule has 21 heavy (non-hydrogen) atoms. The predicted octanol–water partition coefficient (Wildman–Crippen LogP) is 2.49. The van der Waals surface area contributed by atoms with Crippen molar-refractivity contribution in [3.05, 3.63) is 24.3 Å². The van der Waals surface area contributed by atoms with E-state index in [1.165, 1.54) is 24.3 Å². The highest BCUT2D eigenvalue weighted by molar-refractivity contribution is 5.92. The van der Waals surface area contributed by atoms with Gasteiger partial charge in [0.05, 0.1) is 12.6 Å². The maximum Gasteiger partial charge on any atom is 0.573 e. The van der Waals surface area contributed by atoms with Crippen molar-refractivity contribution < 1.29 is 22.6 Å². The molecule has 8 heteroatoms. The second kappa shape index (κ2) is 6.66. The van der Waals surface area contributed by atoms with Gasteiger partial charge in [0.1, 0.15) is 5.75 Å². The number of halogens is 3. The molecule has 1 atom stereocenters. The number of benzene rings is 1. The van der Waals surface area contributed by atoms with Crippen LogP contribution in [-0.4, -0.2) is 31.6 Å². The molecular weight excluding hydrogens is 287 g/mol. The van der Waals surface area contributed by atoms with E-state index in [1.807, 2.05) is 0 Å². The zero-order chi connectivity index (χ0) is 15.3. The fourth-order valence-electron chi connectivity index (χ4n) is 1.92. The summed E-state index contributed by atoms with van der Waals surface area (Å²) >= 11 is 0. The quantitative estimate of drug-likeness (QED) is 0.662. The normalized spacial score (nSPS) is 19.6. The lowest BCUT2D eigenvalue weighted by Gasteiger charge is -2.10. The smallest absolute Gasteiger partial charge is 0.406 e. The van der Waals surface area contributed by atoms with Crippen LogP contribution in [0.15, 0.2) is 29.3 Å². The molecule has 0 saturated carbocycles. The van der Waals surface area contributed by atoms with Gasteiger partial charge in [-0.3, -0.25) is 4.99 Å². The van der Waals surface area contributed by atoms with Gasteiger partial charge in [-0.15, -0.1) is 13.2 Å². The molecule has 1 aromatic rings. The molecule has 1 aromatic carbocycles. The van der Waals surface area contributed by atoms with E-state index in [1.54, 1.807) is 0 Å². The van der Waals surface area contributed by atoms with Crippen LogP contribution in [0.3, 0.4) is 0 Å². The second-order valence-electron chi connectivity index (χ2n) is 4.56. The van der Waals surface area contributed by atoms with Crippen molar-refractivity contribution in [1.29, 1.82) is 0 Å². The minimum Gasteiger partial charge on any atom is -0.406 e. The molecule has 0 amide bonds. The van der Waals surface area contributed by atoms with Gasteiger partial charge in [-0.25, -0.2) is 0 Å². The summed E-state index contributed by atoms with van der Waals surface area (Å²) in [5, 5.41) is 2.79. The topological polar surface area (TPSA) is 68.9 Å². The summed E-state index contributed by atoms with van der Waals surface area (Å²) in [6.07, 6.45) is -2.63. The zero-order valence-electron chi connectivity index (χ0n) is 11.2. The number of hydrogen-bond donors (Lipinski definition) is 2. The molecule has 0 aromatic heterocycles. The molecule has 0 radical (unpaired) electrons. The lowest BCUT2D eigenvalue weighted by Crippen LogP contribution is -2.24. The molecule has 1 aliphatic heterocycles. The van der Waals surface area contributed by atoms with Gasteiger partial charge in [-0.05, 0) is 37.1 Å². The highest BCUT2D eigenvalue weighted by Gasteiger charge is 2.30. The van der Waals surface area contributed by atoms with E-state index < -0.39 is 6.36 Å². The van der Waals surface area contributed by atoms with E-state index in [2.05, 4.69) is 15.0 Å². The predicted molar refractivity (Wildman–Crippen MR) is 72.2 cm³/mol. The highest BCUT2D eigenvalue weighted by Crippen LogP contribution is 2.23. The Hall–Kier alpha value is -1.96. The maximum absolute atomic E-state index is 12.0. The molecule has 5 nitrogen and oxygen atoms in total. The van der Waals surface area contributed by atoms with E-state index in [0.29, 0.717) is 12.2 Å². The average molecular weight is 303 g/mol. The van der Waals surface area contributed by atoms with Gasteiger partial charge in [0.25, 0.3) is 0 Å². The molecule has 116 valence electrons. The van der Waals surface area contributed by atoms with Crippen LogP contribution in [0.4, 0.5) is 18.9 Å². The van der Waals surface area contributed by atoms with E-state index in [-0.39, 0.29) is 17.8 Å². The number of aliphatic imine (C=N–C) groups is 1. The number of hydrogen-bond acceptors (Lipinski definition) is 3. The largest absolute Gasteiger partial charge is 0.573 e. The van der Waals surface area contributed by atoms with Crippen LogP contribution < -0.4 is 15.8 Å². The first-order chi connectivity index (χ1) is 9.92. The highest BCUT2D eigenvalue weighted by atomic mass is 19.4. The first kappa shape index (κ1) is 15.4. The Morgan fingerprint density at radius 1 is 1.38 bits per heavy atom. The summed E-state index contributed by atoms with van der Waals surface area (Å²) in [5.41, 5.74) is 6.22. The number of ether oxygens (including phenoxy) is 2. The van der Waals surface area contributed by atoms with E-state index in [9.17, 15) is 13.2 Å². The van der Waals surface area contributed by atoms with Crippen molar-refractivity contribution >= 4 is 11.6 Å². The number of guanidine groups is 1. The van der Waals surface area contributed by atoms with Crippen LogP contribution in [0.2, 0.25) is 0 Å². The van der Waals surface area contributed by atoms with Crippen molar-refractivity contribution in [2.24, 2.45) is 10.7 Å². The van der Waals surface area contributed by atoms with Gasteiger partial charge in [0.2, 0.25) is 0 Å². The van der Waals surface area contributed by atoms with Crippen molar-refractivity contribution in [2.75, 3.05) is 18.5 Å². The molecule has 1 fully saturated rings. The lowest BCUT2D eigenvalue weighted by molar-refractivity contribution is -0.274. The van der Waals surface area contributed by atoms with Gasteiger partial charge in [-0.2, -0.15) is 0 Å². The summed E-state index contributed by atoms with van der Waals surface area (Å²) < 4.78 is 45.2. The van der Waals surface area contributed by atoms with Gasteiger partial charge in [0.15, 0.2) is 5.96 Å². The maximum atomic E-state index is 12.0. The van der Waals surface area contributed by atoms with Crippen LogP contribution in [0.1, 0.15) is 12.8 Å². The number of nitrogens with zero attached hydrogens (tertiary/aromatic N) is 1. The van der Waals surface area contributed by atoms with Crippen LogP contribution >= 0.6 is 0 Å². The molecule has 1 unspecified atom stereocenters. The Kier molecular flexibility index (Phi) is 4.89. The van der Waals surface area contributed by atoms with Crippen molar-refractivity contribution in [3.63, 3.8) is 0 Å². The minimum atomic E-state index is -4.70. The molecule has 0 bridgehead atoms. The van der Waals surface area contributed by atoms with Crippen LogP contribution in [0.5, 0.6) is 5.75 Å². The monoisotopic (exact) mass is 303 g/mol. The first-order valence-electron chi connectivity index (χ1n) is 6.47. The van der Waals surface area contributed by atoms with E-state index in [0.717, 1.165) is 19.4 Å². The third-order valence-corrected chi connectivity index (χ3v) is 2.85. The zero-order valence-corrected chi connectivity index (χ0v) is 11.2. The molecule has 3 N–H and O–H groups in total. The van der Waals surface area contributed by atoms with Crippen molar-refractivity contribution in [3.8, 4) is 5.75 Å². The number of anilines is 1. The van der Waals surface area contributed by atoms with Crippen LogP contribution in [0, 0.1) is 0 Å².